The molecule has 6 heterocycles. The van der Waals surface area contributed by atoms with Gasteiger partial charge < -0.3 is 27.4 Å². The molecule has 13 heteroatoms. The Kier molecular flexibility index (Phi) is 21.3. The maximum Gasteiger partial charge on any atom is 0.194 e. The van der Waals surface area contributed by atoms with Gasteiger partial charge >= 0.3 is 0 Å². The second-order valence-corrected chi connectivity index (χ2v) is 36.5. The van der Waals surface area contributed by atoms with Gasteiger partial charge in [0.05, 0.1) is 143 Å². The number of para-hydroxylation sites is 9. The Morgan fingerprint density at radius 2 is 0.363 bits per heavy atom. The Hall–Kier alpha value is -21.1. The van der Waals surface area contributed by atoms with Crippen molar-refractivity contribution in [1.29, 1.82) is 31.6 Å². The molecule has 0 aliphatic rings. The molecular weight excluding hydrogens is 1780 g/mol. The van der Waals surface area contributed by atoms with Crippen LogP contribution < -0.4 is 0 Å². The minimum atomic E-state index is 0.565. The Morgan fingerprint density at radius 1 is 0.151 bits per heavy atom. The van der Waals surface area contributed by atoms with E-state index >= 15 is 0 Å². The van der Waals surface area contributed by atoms with Crippen molar-refractivity contribution in [2.75, 3.05) is 0 Å². The fourth-order valence-electron chi connectivity index (χ4n) is 21.7. The van der Waals surface area contributed by atoms with Crippen molar-refractivity contribution in [3.8, 4) is 137 Å². The summed E-state index contributed by atoms with van der Waals surface area (Å²) in [5, 5.41) is 71.2. The van der Waals surface area contributed by atoms with Gasteiger partial charge in [-0.3, -0.25) is 0 Å². The summed E-state index contributed by atoms with van der Waals surface area (Å²) in [5.41, 5.74) is 35.8. The topological polar surface area (TPSA) is 177 Å². The first-order valence-electron chi connectivity index (χ1n) is 48.0. The fourth-order valence-corrected chi connectivity index (χ4v) is 21.7. The average molecular weight is 1860 g/mol. The van der Waals surface area contributed by atoms with Crippen molar-refractivity contribution in [3.63, 3.8) is 0 Å². The van der Waals surface area contributed by atoms with E-state index < -0.39 is 0 Å². The molecule has 27 aromatic rings. The molecule has 0 fully saturated rings. The second-order valence-electron chi connectivity index (χ2n) is 36.5. The quantitative estimate of drug-likeness (QED) is 0.110. The van der Waals surface area contributed by atoms with E-state index in [-0.39, 0.29) is 0 Å². The SMILES string of the molecule is N#Cc1ccc(-c2cccc(-c3cc(-n4c5ccccc5c5ccccc54)cc(-n4c5ccccc5c5cc(C#N)ccc54)c3)c2)cc1.N#Cc1cccc(-c2cccc(-c3cc(-n4c5ccccc5c5ccccc54)cc(-n4c5ccccc5c5cc(C#N)ccc54)c3)c2)c1.[C-]#[N+]c1ccccc1-c1cccc(-c2cc(-n3c4ccccc4c4ccccc43)cc(-n3c4ccc(C#N)cc4c4cc(C#N)ccc43)c2)c1. The molecule has 27 rings (SSSR count). The van der Waals surface area contributed by atoms with Gasteiger partial charge in [-0.1, -0.05) is 249 Å². The molecule has 0 spiro atoms. The van der Waals surface area contributed by atoms with E-state index in [2.05, 4.69) is 396 Å². The zero-order valence-electron chi connectivity index (χ0n) is 78.3. The molecular formula is C133H77N13. The lowest BCUT2D eigenvalue weighted by Crippen LogP contribution is -2.00. The van der Waals surface area contributed by atoms with Crippen LogP contribution in [0.25, 0.3) is 237 Å². The minimum absolute atomic E-state index is 0.565. The molecule has 0 amide bonds. The molecule has 13 nitrogen and oxygen atoms in total. The Balaban J connectivity index is 0.000000114. The van der Waals surface area contributed by atoms with E-state index in [0.717, 1.165) is 199 Å². The maximum absolute atomic E-state index is 9.78. The van der Waals surface area contributed by atoms with Gasteiger partial charge in [0, 0.05) is 98.8 Å². The monoisotopic (exact) mass is 1860 g/mol. The van der Waals surface area contributed by atoms with Crippen molar-refractivity contribution < 1.29 is 0 Å². The number of hydrogen-bond donors (Lipinski definition) is 0. The first kappa shape index (κ1) is 86.4. The lowest BCUT2D eigenvalue weighted by atomic mass is 9.97. The molecule has 6 aromatic heterocycles. The highest BCUT2D eigenvalue weighted by molar-refractivity contribution is 6.16. The third-order valence-corrected chi connectivity index (χ3v) is 28.2. The Morgan fingerprint density at radius 3 is 0.658 bits per heavy atom. The minimum Gasteiger partial charge on any atom is -0.309 e. The largest absolute Gasteiger partial charge is 0.309 e. The summed E-state index contributed by atoms with van der Waals surface area (Å²) in [6.45, 7) is 7.77. The molecule has 0 bridgehead atoms. The molecule has 0 unspecified atom stereocenters. The van der Waals surface area contributed by atoms with Crippen LogP contribution in [0.2, 0.25) is 0 Å². The normalized spacial score (nSPS) is 11.2. The molecule has 146 heavy (non-hydrogen) atoms. The van der Waals surface area contributed by atoms with Gasteiger partial charge in [0.25, 0.3) is 0 Å². The second kappa shape index (κ2) is 36.0. The van der Waals surface area contributed by atoms with Gasteiger partial charge in [0.2, 0.25) is 0 Å². The van der Waals surface area contributed by atoms with Crippen LogP contribution in [-0.4, -0.2) is 27.4 Å². The van der Waals surface area contributed by atoms with Crippen LogP contribution in [0.4, 0.5) is 5.69 Å². The number of aromatic nitrogens is 6. The van der Waals surface area contributed by atoms with Crippen molar-refractivity contribution in [1.82, 2.24) is 27.4 Å². The summed E-state index contributed by atoms with van der Waals surface area (Å²) in [5.74, 6) is 0. The first-order chi connectivity index (χ1) is 72.0. The molecule has 0 atom stereocenters. The molecule has 0 aliphatic heterocycles. The Bertz CT molecular complexity index is 10200. The third kappa shape index (κ3) is 14.9. The third-order valence-electron chi connectivity index (χ3n) is 28.2. The highest BCUT2D eigenvalue weighted by Gasteiger charge is 2.25. The summed E-state index contributed by atoms with van der Waals surface area (Å²) in [6, 6.07) is 174. The first-order valence-corrected chi connectivity index (χ1v) is 48.0. The molecule has 674 valence electrons. The van der Waals surface area contributed by atoms with Crippen molar-refractivity contribution in [2.24, 2.45) is 0 Å². The number of nitriles is 6. The van der Waals surface area contributed by atoms with Gasteiger partial charge in [-0.15, -0.1) is 0 Å². The molecule has 0 N–H and O–H groups in total. The zero-order valence-corrected chi connectivity index (χ0v) is 78.3. The number of fused-ring (bicyclic) bond motifs is 18. The van der Waals surface area contributed by atoms with Crippen LogP contribution in [0.5, 0.6) is 0 Å². The molecule has 0 radical (unpaired) electrons. The smallest absolute Gasteiger partial charge is 0.194 e. The standard InChI is InChI=1S/C45H25N5.2C44H26N4/c1-48-41-14-5-2-11-36(41)32-10-8-9-31(23-32)33-24-34(49-42-15-6-3-12-37(42)38-13-4-7-16-43(38)49)26-35(25-33)50-44-19-17-29(27-46)21-39(44)40-22-30(28-47)18-20-45(40)50;45-27-29-9-7-10-31(21-29)32-11-8-12-33(23-32)34-24-35(47-41-16-4-1-13-37(41)38-14-2-5-17-42(38)47)26-36(25-34)48-43-18-6-3-15-39(43)40-22-30(28-46)19-20-44(40)48;45-27-29-16-19-31(20-17-29)32-8-7-9-33(23-32)34-24-35(47-41-13-4-1-10-37(41)38-11-2-5-14-42(38)47)26-36(25-34)48-43-15-6-3-12-39(43)40-22-30(28-46)18-21-44(40)48/h2-26H;2*1-26H. The number of benzene rings is 21. The molecule has 0 saturated heterocycles. The van der Waals surface area contributed by atoms with E-state index in [1.165, 1.54) is 32.3 Å². The van der Waals surface area contributed by atoms with Crippen LogP contribution >= 0.6 is 0 Å². The zero-order chi connectivity index (χ0) is 98.2. The predicted octanol–water partition coefficient (Wildman–Crippen LogP) is 33.4. The highest BCUT2D eigenvalue weighted by Crippen LogP contribution is 2.46. The average Bonchev–Trinajstić information content (AvgIpc) is 1.57. The van der Waals surface area contributed by atoms with Crippen LogP contribution in [-0.2, 0) is 0 Å². The van der Waals surface area contributed by atoms with E-state index in [1.807, 2.05) is 140 Å². The Labute approximate surface area is 838 Å². The maximum atomic E-state index is 9.78. The van der Waals surface area contributed by atoms with E-state index in [4.69, 9.17) is 6.57 Å². The fraction of sp³-hybridized carbons (Fsp3) is 0. The van der Waals surface area contributed by atoms with Gasteiger partial charge in [-0.25, -0.2) is 4.85 Å². The predicted molar refractivity (Wildman–Crippen MR) is 593 cm³/mol. The molecule has 0 aliphatic carbocycles. The van der Waals surface area contributed by atoms with Gasteiger partial charge in [0.15, 0.2) is 5.69 Å². The summed E-state index contributed by atoms with van der Waals surface area (Å²) < 4.78 is 13.9. The summed E-state index contributed by atoms with van der Waals surface area (Å²) >= 11 is 0. The number of hydrogen-bond acceptors (Lipinski definition) is 6. The van der Waals surface area contributed by atoms with Crippen LogP contribution in [0.15, 0.2) is 467 Å². The molecule has 21 aromatic carbocycles. The summed E-state index contributed by atoms with van der Waals surface area (Å²) in [4.78, 5) is 3.79. The summed E-state index contributed by atoms with van der Waals surface area (Å²) in [6.07, 6.45) is 0. The van der Waals surface area contributed by atoms with E-state index in [1.54, 1.807) is 0 Å². The van der Waals surface area contributed by atoms with Crippen molar-refractivity contribution in [3.05, 3.63) is 512 Å². The van der Waals surface area contributed by atoms with Crippen LogP contribution in [0.3, 0.4) is 0 Å². The van der Waals surface area contributed by atoms with Crippen LogP contribution in [0, 0.1) is 74.6 Å². The van der Waals surface area contributed by atoms with E-state index in [9.17, 15) is 31.6 Å². The van der Waals surface area contributed by atoms with Gasteiger partial charge in [-0.2, -0.15) is 31.6 Å². The van der Waals surface area contributed by atoms with Gasteiger partial charge in [0.1, 0.15) is 0 Å². The highest BCUT2D eigenvalue weighted by atomic mass is 15.0. The number of rotatable bonds is 12. The van der Waals surface area contributed by atoms with Gasteiger partial charge in [-0.05, 0) is 285 Å². The van der Waals surface area contributed by atoms with E-state index in [0.29, 0.717) is 39.1 Å². The van der Waals surface area contributed by atoms with Crippen LogP contribution in [0.1, 0.15) is 33.4 Å². The number of nitrogens with zero attached hydrogens (tertiary/aromatic N) is 13. The van der Waals surface area contributed by atoms with Crippen molar-refractivity contribution >= 4 is 137 Å². The van der Waals surface area contributed by atoms with Crippen molar-refractivity contribution in [2.45, 2.75) is 0 Å². The molecule has 0 saturated carbocycles. The summed E-state index contributed by atoms with van der Waals surface area (Å²) in [7, 11) is 0. The lowest BCUT2D eigenvalue weighted by molar-refractivity contribution is 1.13. The lowest BCUT2D eigenvalue weighted by Gasteiger charge is -2.16.